The molecule has 0 unspecified atom stereocenters. The highest BCUT2D eigenvalue weighted by atomic mass is 32.1. The molecule has 13 rings (SSSR count). The Bertz CT molecular complexity index is 3610. The van der Waals surface area contributed by atoms with Crippen LogP contribution in [0.3, 0.4) is 0 Å². The van der Waals surface area contributed by atoms with Crippen molar-refractivity contribution in [1.82, 2.24) is 0 Å². The van der Waals surface area contributed by atoms with E-state index >= 15 is 0 Å². The summed E-state index contributed by atoms with van der Waals surface area (Å²) in [5, 5.41) is 5.17. The van der Waals surface area contributed by atoms with Gasteiger partial charge in [0.15, 0.2) is 0 Å². The van der Waals surface area contributed by atoms with Crippen molar-refractivity contribution in [1.29, 1.82) is 0 Å². The molecule has 0 fully saturated rings. The van der Waals surface area contributed by atoms with Crippen LogP contribution in [-0.4, -0.2) is 0 Å². The third-order valence-corrected chi connectivity index (χ3v) is 15.6. The number of benzene rings is 10. The number of hydrogen-bond donors (Lipinski definition) is 0. The molecule has 0 N–H and O–H groups in total. The summed E-state index contributed by atoms with van der Waals surface area (Å²) in [7, 11) is 0. The molecule has 0 bridgehead atoms. The lowest BCUT2D eigenvalue weighted by Gasteiger charge is -2.33. The van der Waals surface area contributed by atoms with Crippen LogP contribution < -0.4 is 4.90 Å². The van der Waals surface area contributed by atoms with E-state index in [-0.39, 0.29) is 5.41 Å². The Balaban J connectivity index is 1.04. The molecule has 0 amide bonds. The maximum atomic E-state index is 2.55. The van der Waals surface area contributed by atoms with Crippen LogP contribution >= 0.6 is 11.3 Å². The highest BCUT2D eigenvalue weighted by Crippen LogP contribution is 2.58. The fourth-order valence-corrected chi connectivity index (χ4v) is 12.8. The van der Waals surface area contributed by atoms with Crippen LogP contribution in [0.5, 0.6) is 0 Å². The Hall–Kier alpha value is -7.52. The van der Waals surface area contributed by atoms with Gasteiger partial charge in [-0.05, 0) is 102 Å². The second-order valence-electron chi connectivity index (χ2n) is 18.0. The van der Waals surface area contributed by atoms with E-state index in [0.29, 0.717) is 0 Å². The number of fused-ring (bicyclic) bond motifs is 11. The predicted octanol–water partition coefficient (Wildman–Crippen LogP) is 17.0. The molecule has 2 aliphatic rings. The van der Waals surface area contributed by atoms with Crippen LogP contribution in [0.25, 0.3) is 64.3 Å². The quantitative estimate of drug-likeness (QED) is 0.161. The predicted molar refractivity (Wildman–Crippen MR) is 272 cm³/mol. The van der Waals surface area contributed by atoms with E-state index in [9.17, 15) is 0 Å². The molecule has 1 nitrogen and oxygen atoms in total. The Morgan fingerprint density at radius 1 is 0.375 bits per heavy atom. The maximum Gasteiger partial charge on any atom is 0.0713 e. The molecule has 0 atom stereocenters. The summed E-state index contributed by atoms with van der Waals surface area (Å²) >= 11 is 1.92. The van der Waals surface area contributed by atoms with Gasteiger partial charge in [0.05, 0.1) is 21.5 Å². The number of nitrogens with zero attached hydrogens (tertiary/aromatic N) is 1. The van der Waals surface area contributed by atoms with Gasteiger partial charge in [0.1, 0.15) is 0 Å². The number of anilines is 3. The summed E-state index contributed by atoms with van der Waals surface area (Å²) in [5.74, 6) is 0. The van der Waals surface area contributed by atoms with E-state index in [1.165, 1.54) is 109 Å². The Morgan fingerprint density at radius 2 is 0.969 bits per heavy atom. The van der Waals surface area contributed by atoms with Crippen LogP contribution in [0.15, 0.2) is 224 Å². The Morgan fingerprint density at radius 3 is 1.78 bits per heavy atom. The number of hydrogen-bond acceptors (Lipinski definition) is 2. The summed E-state index contributed by atoms with van der Waals surface area (Å²) in [6.07, 6.45) is 0. The van der Waals surface area contributed by atoms with Crippen LogP contribution in [-0.2, 0) is 10.8 Å². The van der Waals surface area contributed by atoms with Crippen LogP contribution in [0, 0.1) is 0 Å². The van der Waals surface area contributed by atoms with Gasteiger partial charge in [0.2, 0.25) is 0 Å². The van der Waals surface area contributed by atoms with Crippen molar-refractivity contribution in [2.24, 2.45) is 0 Å². The molecule has 2 aliphatic carbocycles. The molecule has 64 heavy (non-hydrogen) atoms. The molecular weight excluding hydrogens is 791 g/mol. The lowest BCUT2D eigenvalue weighted by molar-refractivity contribution is 0.660. The molecule has 1 aromatic heterocycles. The van der Waals surface area contributed by atoms with E-state index in [1.807, 2.05) is 11.3 Å². The SMILES string of the molecule is CC1(C)c2ccccc2-c2c(N(c3cccc(-c4ccc5c(c4)-c4ccccc4C5(c4ccccc4)c4ccccc4)c3)c3cccc4c3sc3c5ccccc5ccc43)cccc21. The Labute approximate surface area is 378 Å². The van der Waals surface area contributed by atoms with Crippen LogP contribution in [0.1, 0.15) is 47.2 Å². The standard InChI is InChI=1S/C62H43NS/c1-61(2)52-29-13-12-27-50(52)58-55(61)31-17-32-56(58)63(57-33-16-28-48-49-36-34-40-18-9-10-25-46(40)59(49)64-60(48)57)45-24-15-19-41(38-45)42-35-37-54-51(39-42)47-26-11-14-30-53(47)62(54,43-20-5-3-6-21-43)44-22-7-4-8-23-44/h3-39H,1-2H3. The molecule has 10 aromatic carbocycles. The summed E-state index contributed by atoms with van der Waals surface area (Å²) in [6.45, 7) is 4.75. The second-order valence-corrected chi connectivity index (χ2v) is 19.0. The topological polar surface area (TPSA) is 3.24 Å². The van der Waals surface area contributed by atoms with E-state index in [2.05, 4.69) is 243 Å². The molecule has 0 aliphatic heterocycles. The highest BCUT2D eigenvalue weighted by Gasteiger charge is 2.46. The fourth-order valence-electron chi connectivity index (χ4n) is 11.5. The number of rotatable bonds is 6. The summed E-state index contributed by atoms with van der Waals surface area (Å²) in [6, 6.07) is 83.9. The van der Waals surface area contributed by atoms with Gasteiger partial charge >= 0.3 is 0 Å². The third-order valence-electron chi connectivity index (χ3n) is 14.3. The number of thiophene rings is 1. The monoisotopic (exact) mass is 833 g/mol. The van der Waals surface area contributed by atoms with Gasteiger partial charge in [0.25, 0.3) is 0 Å². The Kier molecular flexibility index (Phi) is 8.11. The molecule has 0 saturated heterocycles. The van der Waals surface area contributed by atoms with Crippen molar-refractivity contribution in [2.75, 3.05) is 4.90 Å². The lowest BCUT2D eigenvalue weighted by Crippen LogP contribution is -2.28. The average molecular weight is 834 g/mol. The zero-order valence-corrected chi connectivity index (χ0v) is 36.5. The molecule has 0 spiro atoms. The first-order valence-electron chi connectivity index (χ1n) is 22.3. The molecule has 302 valence electrons. The van der Waals surface area contributed by atoms with Crippen LogP contribution in [0.2, 0.25) is 0 Å². The van der Waals surface area contributed by atoms with Crippen molar-refractivity contribution in [3.05, 3.63) is 258 Å². The normalized spacial score (nSPS) is 14.0. The first-order valence-corrected chi connectivity index (χ1v) is 23.2. The smallest absolute Gasteiger partial charge is 0.0713 e. The van der Waals surface area contributed by atoms with E-state index in [1.54, 1.807) is 0 Å². The van der Waals surface area contributed by atoms with Gasteiger partial charge in [-0.15, -0.1) is 11.3 Å². The van der Waals surface area contributed by atoms with Crippen molar-refractivity contribution < 1.29 is 0 Å². The molecule has 2 heteroatoms. The van der Waals surface area contributed by atoms with E-state index in [0.717, 1.165) is 5.69 Å². The lowest BCUT2D eigenvalue weighted by atomic mass is 9.67. The highest BCUT2D eigenvalue weighted by molar-refractivity contribution is 7.27. The van der Waals surface area contributed by atoms with Gasteiger partial charge in [-0.3, -0.25) is 0 Å². The van der Waals surface area contributed by atoms with Gasteiger partial charge < -0.3 is 4.90 Å². The van der Waals surface area contributed by atoms with Gasteiger partial charge in [-0.2, -0.15) is 0 Å². The third kappa shape index (κ3) is 5.18. The summed E-state index contributed by atoms with van der Waals surface area (Å²) in [4.78, 5) is 2.55. The first kappa shape index (κ1) is 37.1. The van der Waals surface area contributed by atoms with Gasteiger partial charge in [-0.25, -0.2) is 0 Å². The van der Waals surface area contributed by atoms with Crippen molar-refractivity contribution >= 4 is 59.3 Å². The minimum absolute atomic E-state index is 0.132. The minimum Gasteiger partial charge on any atom is -0.308 e. The maximum absolute atomic E-state index is 2.55. The largest absolute Gasteiger partial charge is 0.308 e. The van der Waals surface area contributed by atoms with Gasteiger partial charge in [-0.1, -0.05) is 208 Å². The summed E-state index contributed by atoms with van der Waals surface area (Å²) < 4.78 is 2.62. The molecule has 11 aromatic rings. The molecule has 1 heterocycles. The zero-order valence-electron chi connectivity index (χ0n) is 35.7. The first-order chi connectivity index (χ1) is 31.5. The van der Waals surface area contributed by atoms with Crippen molar-refractivity contribution in [3.8, 4) is 33.4 Å². The summed E-state index contributed by atoms with van der Waals surface area (Å²) in [5.41, 5.74) is 18.5. The van der Waals surface area contributed by atoms with Crippen LogP contribution in [0.4, 0.5) is 17.1 Å². The molecular formula is C62H43NS. The van der Waals surface area contributed by atoms with E-state index < -0.39 is 5.41 Å². The molecule has 0 saturated carbocycles. The van der Waals surface area contributed by atoms with Crippen molar-refractivity contribution in [3.63, 3.8) is 0 Å². The van der Waals surface area contributed by atoms with Gasteiger partial charge in [0, 0.05) is 32.1 Å². The fraction of sp³-hybridized carbons (Fsp3) is 0.0645. The zero-order chi connectivity index (χ0) is 42.6. The average Bonchev–Trinajstić information content (AvgIpc) is 3.97. The van der Waals surface area contributed by atoms with Crippen molar-refractivity contribution in [2.45, 2.75) is 24.7 Å². The second kappa shape index (κ2) is 14.0. The molecule has 0 radical (unpaired) electrons. The van der Waals surface area contributed by atoms with E-state index in [4.69, 9.17) is 0 Å². The minimum atomic E-state index is -0.433.